The van der Waals surface area contributed by atoms with Crippen molar-refractivity contribution >= 4 is 17.1 Å². The highest BCUT2D eigenvalue weighted by molar-refractivity contribution is 6.55. The van der Waals surface area contributed by atoms with Gasteiger partial charge in [0.05, 0.1) is 17.1 Å². The third-order valence-electron chi connectivity index (χ3n) is 7.66. The molecule has 1 N–H and O–H groups in total. The zero-order chi connectivity index (χ0) is 27.6. The van der Waals surface area contributed by atoms with E-state index in [0.717, 1.165) is 50.5 Å². The molecule has 0 atom stereocenters. The number of nitrogens with one attached hydrogen (secondary N) is 1. The molecule has 5 aromatic rings. The minimum atomic E-state index is -0.727. The number of hydrogen-bond acceptors (Lipinski definition) is 4. The normalized spacial score (nSPS) is 17.4. The zero-order valence-corrected chi connectivity index (χ0v) is 22.7. The van der Waals surface area contributed by atoms with Gasteiger partial charge in [0.15, 0.2) is 11.6 Å². The lowest BCUT2D eigenvalue weighted by Gasteiger charge is -2.33. The molecular formula is C37H28N4. The van der Waals surface area contributed by atoms with Gasteiger partial charge in [-0.25, -0.2) is 15.0 Å². The lowest BCUT2D eigenvalue weighted by molar-refractivity contribution is 0.611. The molecular weight excluding hydrogens is 500 g/mol. The first kappa shape index (κ1) is 24.7. The van der Waals surface area contributed by atoms with Crippen LogP contribution in [0.5, 0.6) is 0 Å². The first-order valence-electron chi connectivity index (χ1n) is 13.8. The molecule has 0 bridgehead atoms. The van der Waals surface area contributed by atoms with Crippen LogP contribution in [0.4, 0.5) is 0 Å². The van der Waals surface area contributed by atoms with Crippen LogP contribution in [0.25, 0.3) is 0 Å². The van der Waals surface area contributed by atoms with Crippen LogP contribution < -0.4 is 5.32 Å². The van der Waals surface area contributed by atoms with E-state index < -0.39 is 5.54 Å². The summed E-state index contributed by atoms with van der Waals surface area (Å²) in [5.74, 6) is 1.22. The highest BCUT2D eigenvalue weighted by atomic mass is 15.2. The van der Waals surface area contributed by atoms with Gasteiger partial charge in [0.1, 0.15) is 5.54 Å². The number of nitrogens with zero attached hydrogens (tertiary/aromatic N) is 3. The van der Waals surface area contributed by atoms with E-state index in [1.165, 1.54) is 0 Å². The van der Waals surface area contributed by atoms with Crippen molar-refractivity contribution in [1.29, 1.82) is 0 Å². The fourth-order valence-corrected chi connectivity index (χ4v) is 5.68. The number of aliphatic imine (C=N–C) groups is 3. The molecule has 7 rings (SSSR count). The van der Waals surface area contributed by atoms with Crippen LogP contribution in [-0.4, -0.2) is 17.1 Å². The number of aryl methyl sites for hydroxylation is 1. The monoisotopic (exact) mass is 528 g/mol. The molecule has 4 heteroatoms. The van der Waals surface area contributed by atoms with Crippen LogP contribution >= 0.6 is 0 Å². The minimum Gasteiger partial charge on any atom is -0.348 e. The third kappa shape index (κ3) is 4.30. The lowest BCUT2D eigenvalue weighted by Crippen LogP contribution is -2.45. The second-order valence-electron chi connectivity index (χ2n) is 10.2. The van der Waals surface area contributed by atoms with E-state index in [2.05, 4.69) is 115 Å². The van der Waals surface area contributed by atoms with Gasteiger partial charge in [-0.1, -0.05) is 146 Å². The van der Waals surface area contributed by atoms with E-state index in [-0.39, 0.29) is 0 Å². The number of rotatable bonds is 5. The van der Waals surface area contributed by atoms with Gasteiger partial charge >= 0.3 is 0 Å². The lowest BCUT2D eigenvalue weighted by atomic mass is 9.77. The van der Waals surface area contributed by atoms with Gasteiger partial charge in [-0.15, -0.1) is 0 Å². The Bertz CT molecular complexity index is 1800. The average Bonchev–Trinajstić information content (AvgIpc) is 3.67. The molecule has 0 amide bonds. The van der Waals surface area contributed by atoms with E-state index >= 15 is 0 Å². The maximum atomic E-state index is 5.30. The van der Waals surface area contributed by atoms with E-state index in [1.807, 2.05) is 42.5 Å². The van der Waals surface area contributed by atoms with E-state index in [4.69, 9.17) is 15.0 Å². The van der Waals surface area contributed by atoms with Crippen molar-refractivity contribution in [3.05, 3.63) is 191 Å². The molecule has 41 heavy (non-hydrogen) atoms. The fraction of sp³-hybridized carbons (Fsp3) is 0.0541. The molecule has 0 aromatic heterocycles. The first-order chi connectivity index (χ1) is 20.2. The second-order valence-corrected chi connectivity index (χ2v) is 10.2. The predicted molar refractivity (Wildman–Crippen MR) is 167 cm³/mol. The maximum absolute atomic E-state index is 5.30. The molecule has 4 nitrogen and oxygen atoms in total. The summed E-state index contributed by atoms with van der Waals surface area (Å²) in [5, 5.41) is 3.85. The Labute approximate surface area is 240 Å². The Kier molecular flexibility index (Phi) is 6.21. The molecule has 0 spiro atoms. The topological polar surface area (TPSA) is 49.1 Å². The third-order valence-corrected chi connectivity index (χ3v) is 7.66. The summed E-state index contributed by atoms with van der Waals surface area (Å²) in [6.45, 7) is 2.11. The van der Waals surface area contributed by atoms with Crippen LogP contribution in [0.1, 0.15) is 33.4 Å². The Morgan fingerprint density at radius 2 is 0.976 bits per heavy atom. The van der Waals surface area contributed by atoms with E-state index in [1.54, 1.807) is 0 Å². The summed E-state index contributed by atoms with van der Waals surface area (Å²) in [4.78, 5) is 15.6. The first-order valence-corrected chi connectivity index (χ1v) is 13.8. The van der Waals surface area contributed by atoms with E-state index in [0.29, 0.717) is 11.6 Å². The van der Waals surface area contributed by atoms with E-state index in [9.17, 15) is 0 Å². The van der Waals surface area contributed by atoms with Crippen LogP contribution in [0.2, 0.25) is 0 Å². The van der Waals surface area contributed by atoms with Gasteiger partial charge in [-0.05, 0) is 29.2 Å². The van der Waals surface area contributed by atoms with Crippen molar-refractivity contribution in [2.75, 3.05) is 0 Å². The smallest absolute Gasteiger partial charge is 0.196 e. The SMILES string of the molecule is Cc1ccccc1C1=NC(=C2N=C(c3ccccc3)C(c3ccccc3)(c3ccccc3)N2)N=C1c1ccccc1. The molecule has 0 unspecified atom stereocenters. The molecule has 0 aliphatic carbocycles. The average molecular weight is 529 g/mol. The van der Waals surface area contributed by atoms with Crippen molar-refractivity contribution in [2.24, 2.45) is 15.0 Å². The van der Waals surface area contributed by atoms with Crippen molar-refractivity contribution in [3.8, 4) is 0 Å². The molecule has 0 radical (unpaired) electrons. The standard InChI is InChI=1S/C37H28N4/c1-26-16-14-15-25-31(26)33-32(27-17-6-2-7-18-27)38-35(39-33)36-40-34(28-19-8-3-9-20-28)37(41-36,29-21-10-4-11-22-29)30-23-12-5-13-24-30/h2-25,41H,1H3. The zero-order valence-electron chi connectivity index (χ0n) is 22.7. The van der Waals surface area contributed by atoms with Gasteiger partial charge < -0.3 is 5.32 Å². The largest absolute Gasteiger partial charge is 0.348 e. The molecule has 2 heterocycles. The summed E-state index contributed by atoms with van der Waals surface area (Å²) in [5.41, 5.74) is 8.35. The molecule has 2 aliphatic heterocycles. The minimum absolute atomic E-state index is 0.573. The Balaban J connectivity index is 1.49. The molecule has 0 fully saturated rings. The quantitative estimate of drug-likeness (QED) is 0.253. The van der Waals surface area contributed by atoms with Crippen molar-refractivity contribution in [2.45, 2.75) is 12.5 Å². The van der Waals surface area contributed by atoms with Crippen LogP contribution in [0, 0.1) is 6.92 Å². The molecule has 196 valence electrons. The molecule has 2 aliphatic rings. The van der Waals surface area contributed by atoms with Crippen LogP contribution in [0.3, 0.4) is 0 Å². The van der Waals surface area contributed by atoms with Gasteiger partial charge in [0.25, 0.3) is 0 Å². The maximum Gasteiger partial charge on any atom is 0.196 e. The van der Waals surface area contributed by atoms with Crippen molar-refractivity contribution in [3.63, 3.8) is 0 Å². The van der Waals surface area contributed by atoms with Crippen LogP contribution in [0.15, 0.2) is 172 Å². The molecule has 5 aromatic carbocycles. The van der Waals surface area contributed by atoms with Gasteiger partial charge in [-0.2, -0.15) is 0 Å². The second kappa shape index (κ2) is 10.3. The summed E-state index contributed by atoms with van der Waals surface area (Å²) < 4.78 is 0. The number of benzene rings is 5. The molecule has 0 saturated carbocycles. The van der Waals surface area contributed by atoms with Crippen LogP contribution in [-0.2, 0) is 5.54 Å². The summed E-state index contributed by atoms with van der Waals surface area (Å²) in [7, 11) is 0. The van der Waals surface area contributed by atoms with Crippen molar-refractivity contribution < 1.29 is 0 Å². The predicted octanol–water partition coefficient (Wildman–Crippen LogP) is 7.45. The summed E-state index contributed by atoms with van der Waals surface area (Å²) in [6.07, 6.45) is 0. The van der Waals surface area contributed by atoms with Crippen molar-refractivity contribution in [1.82, 2.24) is 5.32 Å². The van der Waals surface area contributed by atoms with Gasteiger partial charge in [-0.3, -0.25) is 0 Å². The number of hydrogen-bond donors (Lipinski definition) is 1. The van der Waals surface area contributed by atoms with Gasteiger partial charge in [0.2, 0.25) is 0 Å². The Morgan fingerprint density at radius 1 is 0.488 bits per heavy atom. The highest BCUT2D eigenvalue weighted by Crippen LogP contribution is 2.40. The highest BCUT2D eigenvalue weighted by Gasteiger charge is 2.46. The Hall–Kier alpha value is -5.35. The fourth-order valence-electron chi connectivity index (χ4n) is 5.68. The van der Waals surface area contributed by atoms with Gasteiger partial charge in [0, 0.05) is 11.1 Å². The summed E-state index contributed by atoms with van der Waals surface area (Å²) in [6, 6.07) is 50.0. The summed E-state index contributed by atoms with van der Waals surface area (Å²) >= 11 is 0. The molecule has 0 saturated heterocycles. The Morgan fingerprint density at radius 3 is 1.56 bits per heavy atom.